The number of rotatable bonds is 6. The van der Waals surface area contributed by atoms with E-state index in [0.717, 1.165) is 34.9 Å². The van der Waals surface area contributed by atoms with E-state index in [0.29, 0.717) is 25.3 Å². The molecule has 1 fully saturated rings. The lowest BCUT2D eigenvalue weighted by molar-refractivity contribution is -0.133. The molecule has 1 saturated carbocycles. The second-order valence-corrected chi connectivity index (χ2v) is 6.70. The first-order valence-corrected chi connectivity index (χ1v) is 8.40. The third-order valence-electron chi connectivity index (χ3n) is 4.54. The molecule has 1 amide bonds. The molecule has 128 valence electrons. The Morgan fingerprint density at radius 2 is 2.04 bits per heavy atom. The van der Waals surface area contributed by atoms with Gasteiger partial charge in [-0.3, -0.25) is 9.59 Å². The highest BCUT2D eigenvalue weighted by Gasteiger charge is 2.33. The number of aryl methyl sites for hydroxylation is 2. The summed E-state index contributed by atoms with van der Waals surface area (Å²) >= 11 is 0. The van der Waals surface area contributed by atoms with Crippen molar-refractivity contribution in [2.75, 3.05) is 20.3 Å². The smallest absolute Gasteiger partial charge is 0.253 e. The largest absolute Gasteiger partial charge is 0.383 e. The Bertz CT molecular complexity index is 821. The molecule has 0 unspecified atom stereocenters. The SMILES string of the molecule is COCCN(Cc1cc2cc(C)cc(C)c2[nH]c1=O)C(=O)C1CC1. The second-order valence-electron chi connectivity index (χ2n) is 6.70. The van der Waals surface area contributed by atoms with Gasteiger partial charge in [0.2, 0.25) is 5.91 Å². The number of pyridine rings is 1. The van der Waals surface area contributed by atoms with Crippen LogP contribution in [0, 0.1) is 19.8 Å². The van der Waals surface area contributed by atoms with E-state index >= 15 is 0 Å². The monoisotopic (exact) mass is 328 g/mol. The van der Waals surface area contributed by atoms with Crippen LogP contribution in [0.3, 0.4) is 0 Å². The predicted molar refractivity (Wildman–Crippen MR) is 94.1 cm³/mol. The van der Waals surface area contributed by atoms with Crippen LogP contribution in [0.4, 0.5) is 0 Å². The minimum Gasteiger partial charge on any atom is -0.383 e. The third-order valence-corrected chi connectivity index (χ3v) is 4.54. The van der Waals surface area contributed by atoms with Crippen LogP contribution in [-0.2, 0) is 16.1 Å². The van der Waals surface area contributed by atoms with Crippen LogP contribution in [0.25, 0.3) is 10.9 Å². The van der Waals surface area contributed by atoms with Gasteiger partial charge in [0.1, 0.15) is 0 Å². The molecule has 0 radical (unpaired) electrons. The lowest BCUT2D eigenvalue weighted by Gasteiger charge is -2.22. The van der Waals surface area contributed by atoms with E-state index in [2.05, 4.69) is 17.1 Å². The van der Waals surface area contributed by atoms with Crippen LogP contribution in [0.2, 0.25) is 0 Å². The van der Waals surface area contributed by atoms with Crippen LogP contribution in [0.5, 0.6) is 0 Å². The number of carbonyl (C=O) groups is 1. The van der Waals surface area contributed by atoms with Crippen molar-refractivity contribution < 1.29 is 9.53 Å². The Morgan fingerprint density at radius 3 is 2.71 bits per heavy atom. The number of nitrogens with zero attached hydrogens (tertiary/aromatic N) is 1. The lowest BCUT2D eigenvalue weighted by atomic mass is 10.1. The van der Waals surface area contributed by atoms with Gasteiger partial charge in [-0.15, -0.1) is 0 Å². The molecule has 0 atom stereocenters. The van der Waals surface area contributed by atoms with E-state index in [1.807, 2.05) is 19.9 Å². The van der Waals surface area contributed by atoms with Gasteiger partial charge >= 0.3 is 0 Å². The molecule has 24 heavy (non-hydrogen) atoms. The molecule has 0 saturated heterocycles. The van der Waals surface area contributed by atoms with E-state index in [1.165, 1.54) is 0 Å². The third kappa shape index (κ3) is 3.51. The summed E-state index contributed by atoms with van der Waals surface area (Å²) in [6.45, 7) is 5.35. The number of H-pyrrole nitrogens is 1. The van der Waals surface area contributed by atoms with Gasteiger partial charge < -0.3 is 14.6 Å². The first-order chi connectivity index (χ1) is 11.5. The topological polar surface area (TPSA) is 62.4 Å². The summed E-state index contributed by atoms with van der Waals surface area (Å²) in [5.41, 5.74) is 3.58. The Labute approximate surface area is 141 Å². The van der Waals surface area contributed by atoms with Gasteiger partial charge in [0.15, 0.2) is 0 Å². The fourth-order valence-corrected chi connectivity index (χ4v) is 3.11. The molecule has 0 spiro atoms. The molecule has 1 N–H and O–H groups in total. The van der Waals surface area contributed by atoms with Crippen molar-refractivity contribution >= 4 is 16.8 Å². The van der Waals surface area contributed by atoms with Gasteiger partial charge in [-0.2, -0.15) is 0 Å². The number of aromatic amines is 1. The van der Waals surface area contributed by atoms with E-state index in [4.69, 9.17) is 4.74 Å². The van der Waals surface area contributed by atoms with Gasteiger partial charge in [0.05, 0.1) is 18.7 Å². The lowest BCUT2D eigenvalue weighted by Crippen LogP contribution is -2.36. The summed E-state index contributed by atoms with van der Waals surface area (Å²) in [4.78, 5) is 29.6. The zero-order valence-electron chi connectivity index (χ0n) is 14.5. The van der Waals surface area contributed by atoms with Crippen molar-refractivity contribution in [2.24, 2.45) is 5.92 Å². The number of carbonyl (C=O) groups excluding carboxylic acids is 1. The summed E-state index contributed by atoms with van der Waals surface area (Å²) < 4.78 is 5.11. The first-order valence-electron chi connectivity index (χ1n) is 8.40. The Kier molecular flexibility index (Phi) is 4.71. The number of methoxy groups -OCH3 is 1. The summed E-state index contributed by atoms with van der Waals surface area (Å²) in [6, 6.07) is 6.03. The molecule has 0 bridgehead atoms. The van der Waals surface area contributed by atoms with E-state index in [-0.39, 0.29) is 17.4 Å². The number of hydrogen-bond donors (Lipinski definition) is 1. The van der Waals surface area contributed by atoms with Crippen molar-refractivity contribution in [3.63, 3.8) is 0 Å². The fourth-order valence-electron chi connectivity index (χ4n) is 3.11. The number of amides is 1. The van der Waals surface area contributed by atoms with Crippen molar-refractivity contribution in [3.05, 3.63) is 45.2 Å². The Hall–Kier alpha value is -2.14. The Balaban J connectivity index is 1.93. The van der Waals surface area contributed by atoms with Gasteiger partial charge in [-0.25, -0.2) is 0 Å². The number of hydrogen-bond acceptors (Lipinski definition) is 3. The maximum atomic E-state index is 12.5. The molecule has 3 rings (SSSR count). The molecular weight excluding hydrogens is 304 g/mol. The summed E-state index contributed by atoms with van der Waals surface area (Å²) in [5.74, 6) is 0.262. The minimum absolute atomic E-state index is 0.125. The predicted octanol–water partition coefficient (Wildman–Crippen LogP) is 2.53. The van der Waals surface area contributed by atoms with E-state index < -0.39 is 0 Å². The molecule has 1 aromatic carbocycles. The number of benzene rings is 1. The normalized spacial score (nSPS) is 14.1. The molecule has 5 nitrogen and oxygen atoms in total. The molecule has 5 heteroatoms. The number of fused-ring (bicyclic) bond motifs is 1. The maximum absolute atomic E-state index is 12.5. The standard InChI is InChI=1S/C19H24N2O3/c1-12-8-13(2)17-15(9-12)10-16(18(22)20-17)11-21(6-7-24-3)19(23)14-4-5-14/h8-10,14H,4-7,11H2,1-3H3,(H,20,22). The van der Waals surface area contributed by atoms with Crippen molar-refractivity contribution in [2.45, 2.75) is 33.2 Å². The number of nitrogens with one attached hydrogen (secondary N) is 1. The van der Waals surface area contributed by atoms with Gasteiger partial charge in [-0.05, 0) is 49.8 Å². The maximum Gasteiger partial charge on any atom is 0.253 e. The average Bonchev–Trinajstić information content (AvgIpc) is 3.37. The summed E-state index contributed by atoms with van der Waals surface area (Å²) in [6.07, 6.45) is 1.91. The fraction of sp³-hybridized carbons (Fsp3) is 0.474. The molecule has 1 aromatic heterocycles. The highest BCUT2D eigenvalue weighted by atomic mass is 16.5. The molecule has 1 aliphatic carbocycles. The van der Waals surface area contributed by atoms with Crippen LogP contribution in [-0.4, -0.2) is 36.1 Å². The quantitative estimate of drug-likeness (QED) is 0.886. The molecule has 2 aromatic rings. The van der Waals surface area contributed by atoms with Crippen molar-refractivity contribution in [1.29, 1.82) is 0 Å². The molecule has 1 aliphatic rings. The van der Waals surface area contributed by atoms with E-state index in [1.54, 1.807) is 12.0 Å². The van der Waals surface area contributed by atoms with Crippen molar-refractivity contribution in [3.8, 4) is 0 Å². The summed E-state index contributed by atoms with van der Waals surface area (Å²) in [7, 11) is 1.62. The average molecular weight is 328 g/mol. The molecular formula is C19H24N2O3. The van der Waals surface area contributed by atoms with Crippen molar-refractivity contribution in [1.82, 2.24) is 9.88 Å². The highest BCUT2D eigenvalue weighted by Crippen LogP contribution is 2.31. The van der Waals surface area contributed by atoms with Crippen LogP contribution in [0.15, 0.2) is 23.0 Å². The zero-order chi connectivity index (χ0) is 17.3. The zero-order valence-corrected chi connectivity index (χ0v) is 14.5. The van der Waals surface area contributed by atoms with E-state index in [9.17, 15) is 9.59 Å². The highest BCUT2D eigenvalue weighted by molar-refractivity contribution is 5.83. The molecule has 0 aliphatic heterocycles. The minimum atomic E-state index is -0.125. The van der Waals surface area contributed by atoms with Gasteiger partial charge in [0.25, 0.3) is 5.56 Å². The molecule has 1 heterocycles. The van der Waals surface area contributed by atoms with Gasteiger partial charge in [-0.1, -0.05) is 11.6 Å². The first kappa shape index (κ1) is 16.7. The van der Waals surface area contributed by atoms with Gasteiger partial charge in [0, 0.05) is 25.1 Å². The summed E-state index contributed by atoms with van der Waals surface area (Å²) in [5, 5.41) is 1.01. The van der Waals surface area contributed by atoms with Crippen LogP contribution >= 0.6 is 0 Å². The van der Waals surface area contributed by atoms with Crippen LogP contribution in [0.1, 0.15) is 29.5 Å². The Morgan fingerprint density at radius 1 is 1.29 bits per heavy atom. The number of aromatic nitrogens is 1. The number of ether oxygens (including phenoxy) is 1. The van der Waals surface area contributed by atoms with Crippen LogP contribution < -0.4 is 5.56 Å². The second kappa shape index (κ2) is 6.77.